The van der Waals surface area contributed by atoms with Crippen molar-refractivity contribution in [1.29, 1.82) is 0 Å². The fourth-order valence-corrected chi connectivity index (χ4v) is 3.14. The van der Waals surface area contributed by atoms with Crippen LogP contribution in [0.15, 0.2) is 24.3 Å². The van der Waals surface area contributed by atoms with E-state index in [2.05, 4.69) is 31.0 Å². The maximum Gasteiger partial charge on any atom is 0.407 e. The monoisotopic (exact) mass is 592 g/mol. The summed E-state index contributed by atoms with van der Waals surface area (Å²) in [5, 5.41) is 21.3. The van der Waals surface area contributed by atoms with E-state index in [-0.39, 0.29) is 12.3 Å². The molecule has 0 aliphatic rings. The van der Waals surface area contributed by atoms with Gasteiger partial charge in [0.15, 0.2) is 5.82 Å². The predicted octanol–water partition coefficient (Wildman–Crippen LogP) is 1.86. The van der Waals surface area contributed by atoms with Gasteiger partial charge in [-0.05, 0) is 33.3 Å². The minimum Gasteiger partial charge on any atom is -0.444 e. The third kappa shape index (κ3) is 17.5. The molecule has 234 valence electrons. The van der Waals surface area contributed by atoms with Gasteiger partial charge in [0.05, 0.1) is 66.1 Å². The molecule has 14 nitrogen and oxygen atoms in total. The summed E-state index contributed by atoms with van der Waals surface area (Å²) in [6.45, 7) is 12.1. The van der Waals surface area contributed by atoms with E-state index in [1.54, 1.807) is 6.92 Å². The van der Waals surface area contributed by atoms with Crippen LogP contribution in [0.1, 0.15) is 38.6 Å². The first-order valence-corrected chi connectivity index (χ1v) is 14.0. The maximum atomic E-state index is 12.0. The van der Waals surface area contributed by atoms with Gasteiger partial charge in [0, 0.05) is 25.1 Å². The van der Waals surface area contributed by atoms with Gasteiger partial charge in [-0.15, -0.1) is 20.4 Å². The molecule has 0 fully saturated rings. The molecule has 0 saturated heterocycles. The van der Waals surface area contributed by atoms with Crippen LogP contribution in [0.5, 0.6) is 0 Å². The van der Waals surface area contributed by atoms with Crippen LogP contribution in [0.25, 0.3) is 11.4 Å². The van der Waals surface area contributed by atoms with Gasteiger partial charge in [-0.25, -0.2) is 4.79 Å². The fraction of sp³-hybridized carbons (Fsp3) is 0.643. The number of aromatic nitrogens is 4. The molecule has 0 spiro atoms. The molecular weight excluding hydrogens is 548 g/mol. The van der Waals surface area contributed by atoms with Crippen molar-refractivity contribution in [3.8, 4) is 11.4 Å². The number of hydrogen-bond acceptors (Lipinski definition) is 12. The zero-order valence-electron chi connectivity index (χ0n) is 25.1. The molecule has 0 bridgehead atoms. The highest BCUT2D eigenvalue weighted by Gasteiger charge is 2.15. The Morgan fingerprint density at radius 3 is 1.71 bits per heavy atom. The number of carbonyl (C=O) groups is 2. The lowest BCUT2D eigenvalue weighted by atomic mass is 10.1. The maximum absolute atomic E-state index is 12.0. The Morgan fingerprint density at radius 1 is 0.690 bits per heavy atom. The number of rotatable bonds is 21. The summed E-state index contributed by atoms with van der Waals surface area (Å²) in [5.74, 6) is 0.882. The second-order valence-corrected chi connectivity index (χ2v) is 9.99. The lowest BCUT2D eigenvalue weighted by Crippen LogP contribution is -2.34. The second-order valence-electron chi connectivity index (χ2n) is 9.99. The summed E-state index contributed by atoms with van der Waals surface area (Å²) in [4.78, 5) is 23.5. The smallest absolute Gasteiger partial charge is 0.407 e. The summed E-state index contributed by atoms with van der Waals surface area (Å²) in [6, 6.07) is 7.54. The van der Waals surface area contributed by atoms with Crippen molar-refractivity contribution in [2.75, 3.05) is 72.6 Å². The Bertz CT molecular complexity index is 1020. The van der Waals surface area contributed by atoms with Crippen molar-refractivity contribution >= 4 is 12.0 Å². The van der Waals surface area contributed by atoms with E-state index < -0.39 is 11.7 Å². The number of carbonyl (C=O) groups excluding carboxylic acids is 2. The van der Waals surface area contributed by atoms with E-state index in [4.69, 9.17) is 28.4 Å². The Labute approximate surface area is 247 Å². The highest BCUT2D eigenvalue weighted by molar-refractivity contribution is 5.76. The quantitative estimate of drug-likeness (QED) is 0.202. The lowest BCUT2D eigenvalue weighted by Gasteiger charge is -2.19. The fourth-order valence-electron chi connectivity index (χ4n) is 3.14. The van der Waals surface area contributed by atoms with Gasteiger partial charge in [-0.1, -0.05) is 24.3 Å². The van der Waals surface area contributed by atoms with Gasteiger partial charge in [-0.2, -0.15) is 0 Å². The molecule has 2 rings (SSSR count). The van der Waals surface area contributed by atoms with E-state index in [0.717, 1.165) is 11.1 Å². The Morgan fingerprint density at radius 2 is 1.19 bits per heavy atom. The summed E-state index contributed by atoms with van der Waals surface area (Å²) >= 11 is 0. The molecule has 1 heterocycles. The first-order chi connectivity index (χ1) is 20.2. The molecule has 0 saturated carbocycles. The summed E-state index contributed by atoms with van der Waals surface area (Å²) in [7, 11) is 0. The van der Waals surface area contributed by atoms with Crippen molar-refractivity contribution in [3.63, 3.8) is 0 Å². The minimum atomic E-state index is -0.518. The second kappa shape index (κ2) is 20.6. The zero-order chi connectivity index (χ0) is 30.5. The van der Waals surface area contributed by atoms with Crippen molar-refractivity contribution < 1.29 is 38.0 Å². The van der Waals surface area contributed by atoms with Gasteiger partial charge in [0.2, 0.25) is 11.7 Å². The van der Waals surface area contributed by atoms with Crippen LogP contribution in [-0.2, 0) is 39.8 Å². The topological polar surface area (TPSA) is 165 Å². The van der Waals surface area contributed by atoms with Crippen LogP contribution in [0.2, 0.25) is 0 Å². The largest absolute Gasteiger partial charge is 0.444 e. The molecule has 1 aromatic carbocycles. The van der Waals surface area contributed by atoms with Gasteiger partial charge < -0.3 is 39.1 Å². The van der Waals surface area contributed by atoms with Crippen molar-refractivity contribution in [2.45, 2.75) is 46.3 Å². The van der Waals surface area contributed by atoms with Crippen LogP contribution in [0, 0.1) is 6.92 Å². The molecule has 1 aromatic heterocycles. The van der Waals surface area contributed by atoms with Crippen molar-refractivity contribution in [1.82, 2.24) is 31.0 Å². The van der Waals surface area contributed by atoms with Crippen LogP contribution in [-0.4, -0.2) is 111 Å². The molecule has 2 N–H and O–H groups in total. The number of aryl methyl sites for hydroxylation is 1. The van der Waals surface area contributed by atoms with Gasteiger partial charge in [0.1, 0.15) is 5.60 Å². The molecular formula is C28H44N6O8. The molecule has 14 heteroatoms. The van der Waals surface area contributed by atoms with E-state index >= 15 is 0 Å². The average molecular weight is 593 g/mol. The Kier molecular flexibility index (Phi) is 17.1. The number of benzene rings is 1. The van der Waals surface area contributed by atoms with Crippen LogP contribution < -0.4 is 10.6 Å². The standard InChI is InChI=1S/C28H44N6O8/c1-22-31-33-26(34-32-22)24-7-5-23(6-8-24)21-30-25(35)9-11-37-13-15-39-17-19-41-20-18-40-16-14-38-12-10-29-27(36)42-28(2,3)4/h5-8H,9-21H2,1-4H3,(H,29,36)(H,30,35). The van der Waals surface area contributed by atoms with E-state index in [1.165, 1.54) is 0 Å². The normalized spacial score (nSPS) is 11.3. The Balaban J connectivity index is 1.32. The predicted molar refractivity (Wildman–Crippen MR) is 153 cm³/mol. The van der Waals surface area contributed by atoms with Gasteiger partial charge >= 0.3 is 6.09 Å². The third-order valence-electron chi connectivity index (χ3n) is 5.16. The van der Waals surface area contributed by atoms with Crippen LogP contribution in [0.4, 0.5) is 4.79 Å². The minimum absolute atomic E-state index is 0.0901. The Hall–Kier alpha value is -3.30. The van der Waals surface area contributed by atoms with E-state index in [0.29, 0.717) is 90.8 Å². The molecule has 0 radical (unpaired) electrons. The number of nitrogens with one attached hydrogen (secondary N) is 2. The van der Waals surface area contributed by atoms with Crippen LogP contribution in [0.3, 0.4) is 0 Å². The number of nitrogens with zero attached hydrogens (tertiary/aromatic N) is 4. The number of amides is 2. The molecule has 0 aliphatic carbocycles. The molecule has 0 atom stereocenters. The van der Waals surface area contributed by atoms with Gasteiger partial charge in [-0.3, -0.25) is 4.79 Å². The van der Waals surface area contributed by atoms with Crippen molar-refractivity contribution in [2.24, 2.45) is 0 Å². The van der Waals surface area contributed by atoms with E-state index in [9.17, 15) is 9.59 Å². The number of ether oxygens (including phenoxy) is 6. The first kappa shape index (κ1) is 34.9. The summed E-state index contributed by atoms with van der Waals surface area (Å²) in [6.07, 6.45) is -0.192. The molecule has 2 aromatic rings. The summed E-state index contributed by atoms with van der Waals surface area (Å²) in [5.41, 5.74) is 1.25. The average Bonchev–Trinajstić information content (AvgIpc) is 2.95. The molecule has 0 aliphatic heterocycles. The highest BCUT2D eigenvalue weighted by atomic mass is 16.6. The van der Waals surface area contributed by atoms with Crippen LogP contribution >= 0.6 is 0 Å². The van der Waals surface area contributed by atoms with E-state index in [1.807, 2.05) is 45.0 Å². The summed E-state index contributed by atoms with van der Waals surface area (Å²) < 4.78 is 32.3. The first-order valence-electron chi connectivity index (χ1n) is 14.0. The van der Waals surface area contributed by atoms with Crippen molar-refractivity contribution in [3.05, 3.63) is 35.7 Å². The molecule has 0 unspecified atom stereocenters. The third-order valence-corrected chi connectivity index (χ3v) is 5.16. The lowest BCUT2D eigenvalue weighted by molar-refractivity contribution is -0.122. The van der Waals surface area contributed by atoms with Gasteiger partial charge in [0.25, 0.3) is 0 Å². The SMILES string of the molecule is Cc1nnc(-c2ccc(CNC(=O)CCOCCOCCOCCOCCOCCNC(=O)OC(C)(C)C)cc2)nn1. The number of hydrogen-bond donors (Lipinski definition) is 2. The number of alkyl carbamates (subject to hydrolysis) is 1. The highest BCUT2D eigenvalue weighted by Crippen LogP contribution is 2.14. The molecule has 42 heavy (non-hydrogen) atoms. The molecule has 2 amide bonds. The zero-order valence-corrected chi connectivity index (χ0v) is 25.1.